The Morgan fingerprint density at radius 3 is 1.72 bits per heavy atom. The number of benzene rings is 3. The van der Waals surface area contributed by atoms with Crippen molar-refractivity contribution >= 4 is 28.6 Å². The molecular weight excluding hydrogens is 412 g/mol. The Morgan fingerprint density at radius 2 is 1.34 bits per heavy atom. The molecule has 0 spiro atoms. The van der Waals surface area contributed by atoms with Gasteiger partial charge in [0.05, 0.1) is 6.26 Å². The SMILES string of the molecule is C=COC(C)=O.C=Cc1ccccc1.C=Cc1ccccc1-c1ccccc1.CCO[SiH3]. The van der Waals surface area contributed by atoms with Gasteiger partial charge in [0.25, 0.3) is 0 Å². The zero-order chi connectivity index (χ0) is 24.0. The van der Waals surface area contributed by atoms with Crippen LogP contribution in [0.15, 0.2) is 111 Å². The predicted octanol–water partition coefficient (Wildman–Crippen LogP) is 6.32. The molecule has 3 aromatic rings. The van der Waals surface area contributed by atoms with Crippen LogP contribution < -0.4 is 0 Å². The second kappa shape index (κ2) is 19.5. The van der Waals surface area contributed by atoms with Crippen molar-refractivity contribution < 1.29 is 14.0 Å². The summed E-state index contributed by atoms with van der Waals surface area (Å²) in [5, 5.41) is 0. The summed E-state index contributed by atoms with van der Waals surface area (Å²) in [5.74, 6) is -0.329. The van der Waals surface area contributed by atoms with E-state index in [4.69, 9.17) is 0 Å². The summed E-state index contributed by atoms with van der Waals surface area (Å²) >= 11 is 0. The van der Waals surface area contributed by atoms with E-state index in [1.807, 2.05) is 61.5 Å². The van der Waals surface area contributed by atoms with Gasteiger partial charge in [-0.25, -0.2) is 0 Å². The van der Waals surface area contributed by atoms with Crippen molar-refractivity contribution in [2.24, 2.45) is 0 Å². The van der Waals surface area contributed by atoms with E-state index in [9.17, 15) is 4.79 Å². The van der Waals surface area contributed by atoms with E-state index in [2.05, 4.69) is 71.4 Å². The van der Waals surface area contributed by atoms with E-state index in [1.54, 1.807) is 0 Å². The van der Waals surface area contributed by atoms with Crippen molar-refractivity contribution in [2.75, 3.05) is 6.61 Å². The molecule has 32 heavy (non-hydrogen) atoms. The summed E-state index contributed by atoms with van der Waals surface area (Å²) in [6.45, 7) is 14.8. The van der Waals surface area contributed by atoms with Gasteiger partial charge in [0.1, 0.15) is 10.5 Å². The first kappa shape index (κ1) is 28.5. The summed E-state index contributed by atoms with van der Waals surface area (Å²) in [4.78, 5) is 9.75. The molecule has 3 nitrogen and oxygen atoms in total. The molecule has 0 amide bonds. The summed E-state index contributed by atoms with van der Waals surface area (Å²) < 4.78 is 8.85. The van der Waals surface area contributed by atoms with Crippen molar-refractivity contribution in [3.8, 4) is 11.1 Å². The monoisotopic (exact) mass is 446 g/mol. The van der Waals surface area contributed by atoms with Crippen LogP contribution >= 0.6 is 0 Å². The van der Waals surface area contributed by atoms with Gasteiger partial charge in [-0.15, -0.1) is 0 Å². The van der Waals surface area contributed by atoms with Crippen LogP contribution in [0.1, 0.15) is 25.0 Å². The summed E-state index contributed by atoms with van der Waals surface area (Å²) in [6.07, 6.45) is 4.82. The lowest BCUT2D eigenvalue weighted by molar-refractivity contribution is -0.135. The second-order valence-electron chi connectivity index (χ2n) is 6.13. The summed E-state index contributed by atoms with van der Waals surface area (Å²) in [6, 6.07) is 28.7. The average Bonchev–Trinajstić information content (AvgIpc) is 2.86. The van der Waals surface area contributed by atoms with Gasteiger partial charge in [-0.1, -0.05) is 117 Å². The van der Waals surface area contributed by atoms with Crippen molar-refractivity contribution in [2.45, 2.75) is 13.8 Å². The molecule has 0 aliphatic carbocycles. The lowest BCUT2D eigenvalue weighted by Crippen LogP contribution is -1.87. The molecule has 0 radical (unpaired) electrons. The molecule has 0 saturated heterocycles. The highest BCUT2D eigenvalue weighted by atomic mass is 28.2. The van der Waals surface area contributed by atoms with Gasteiger partial charge in [0, 0.05) is 13.5 Å². The maximum absolute atomic E-state index is 9.75. The van der Waals surface area contributed by atoms with Gasteiger partial charge in [0.2, 0.25) is 0 Å². The molecule has 0 aliphatic heterocycles. The summed E-state index contributed by atoms with van der Waals surface area (Å²) in [7, 11) is 0.890. The number of ether oxygens (including phenoxy) is 1. The molecule has 168 valence electrons. The van der Waals surface area contributed by atoms with E-state index in [0.717, 1.165) is 23.4 Å². The van der Waals surface area contributed by atoms with Gasteiger partial charge >= 0.3 is 5.97 Å². The van der Waals surface area contributed by atoms with Crippen LogP contribution in [-0.2, 0) is 14.0 Å². The zero-order valence-corrected chi connectivity index (χ0v) is 21.4. The van der Waals surface area contributed by atoms with Crippen molar-refractivity contribution in [1.82, 2.24) is 0 Å². The number of rotatable bonds is 5. The minimum atomic E-state index is -0.329. The van der Waals surface area contributed by atoms with Gasteiger partial charge < -0.3 is 9.16 Å². The lowest BCUT2D eigenvalue weighted by Gasteiger charge is -2.04. The van der Waals surface area contributed by atoms with Gasteiger partial charge in [-0.3, -0.25) is 4.79 Å². The largest absolute Gasteiger partial charge is 0.435 e. The predicted molar refractivity (Wildman–Crippen MR) is 142 cm³/mol. The Labute approximate surface area is 196 Å². The molecule has 0 heterocycles. The van der Waals surface area contributed by atoms with Crippen LogP contribution in [0, 0.1) is 0 Å². The third-order valence-electron chi connectivity index (χ3n) is 3.84. The number of hydrogen-bond donors (Lipinski definition) is 0. The van der Waals surface area contributed by atoms with Gasteiger partial charge in [-0.05, 0) is 29.2 Å². The normalized spacial score (nSPS) is 8.69. The number of hydrogen-bond acceptors (Lipinski definition) is 3. The van der Waals surface area contributed by atoms with E-state index in [-0.39, 0.29) is 5.97 Å². The van der Waals surface area contributed by atoms with Crippen LogP contribution in [0.4, 0.5) is 0 Å². The molecule has 0 aromatic heterocycles. The Balaban J connectivity index is 0.000000454. The molecular formula is C28H34O3Si. The van der Waals surface area contributed by atoms with Gasteiger partial charge in [0.15, 0.2) is 0 Å². The number of esters is 1. The van der Waals surface area contributed by atoms with Crippen LogP contribution in [0.3, 0.4) is 0 Å². The minimum absolute atomic E-state index is 0.329. The summed E-state index contributed by atoms with van der Waals surface area (Å²) in [5.41, 5.74) is 4.83. The van der Waals surface area contributed by atoms with E-state index in [0.29, 0.717) is 0 Å². The minimum Gasteiger partial charge on any atom is -0.435 e. The highest BCUT2D eigenvalue weighted by molar-refractivity contribution is 5.97. The quantitative estimate of drug-likeness (QED) is 0.261. The lowest BCUT2D eigenvalue weighted by atomic mass is 10.00. The molecule has 4 heteroatoms. The molecule has 0 atom stereocenters. The smallest absolute Gasteiger partial charge is 0.307 e. The first-order valence-corrected chi connectivity index (χ1v) is 11.1. The Morgan fingerprint density at radius 1 is 0.844 bits per heavy atom. The maximum Gasteiger partial charge on any atom is 0.307 e. The van der Waals surface area contributed by atoms with Gasteiger partial charge in [-0.2, -0.15) is 0 Å². The number of carbonyl (C=O) groups excluding carboxylic acids is 1. The van der Waals surface area contributed by atoms with E-state index < -0.39 is 0 Å². The van der Waals surface area contributed by atoms with Crippen LogP contribution in [-0.4, -0.2) is 23.1 Å². The molecule has 0 aliphatic rings. The standard InChI is InChI=1S/C14H12.C8H8.C4H6O2.C2H8OSi/c1-2-12-8-6-7-11-14(12)13-9-4-3-5-10-13;1-2-8-6-4-3-5-7-8;1-3-6-4(2)5;1-2-3-4/h2-11H,1H2;2-7H,1H2;3H,1H2,2H3;2H2,1,4H3. The fraction of sp³-hybridized carbons (Fsp3) is 0.107. The highest BCUT2D eigenvalue weighted by Gasteiger charge is 1.99. The topological polar surface area (TPSA) is 35.5 Å². The van der Waals surface area contributed by atoms with Crippen molar-refractivity contribution in [3.05, 3.63) is 122 Å². The third-order valence-corrected chi connectivity index (χ3v) is 4.42. The fourth-order valence-electron chi connectivity index (χ4n) is 2.26. The molecule has 0 fully saturated rings. The molecule has 0 bridgehead atoms. The Kier molecular flexibility index (Phi) is 17.4. The maximum atomic E-state index is 9.75. The zero-order valence-electron chi connectivity index (χ0n) is 19.4. The first-order valence-electron chi connectivity index (χ1n) is 10.2. The first-order chi connectivity index (χ1) is 15.5. The molecule has 0 unspecified atom stereocenters. The molecule has 3 rings (SSSR count). The second-order valence-corrected chi connectivity index (χ2v) is 6.70. The molecule has 3 aromatic carbocycles. The van der Waals surface area contributed by atoms with Crippen LogP contribution in [0.5, 0.6) is 0 Å². The molecule has 0 saturated carbocycles. The van der Waals surface area contributed by atoms with Crippen molar-refractivity contribution in [1.29, 1.82) is 0 Å². The Bertz CT molecular complexity index is 904. The average molecular weight is 447 g/mol. The van der Waals surface area contributed by atoms with Crippen LogP contribution in [0.2, 0.25) is 0 Å². The van der Waals surface area contributed by atoms with E-state index >= 15 is 0 Å². The Hall–Kier alpha value is -3.47. The third kappa shape index (κ3) is 13.7. The van der Waals surface area contributed by atoms with E-state index in [1.165, 1.54) is 29.2 Å². The van der Waals surface area contributed by atoms with Crippen LogP contribution in [0.25, 0.3) is 23.3 Å². The van der Waals surface area contributed by atoms with Crippen molar-refractivity contribution in [3.63, 3.8) is 0 Å². The molecule has 0 N–H and O–H groups in total. The fourth-order valence-corrected chi connectivity index (χ4v) is 2.26. The number of carbonyl (C=O) groups is 1. The highest BCUT2D eigenvalue weighted by Crippen LogP contribution is 2.23.